The number of pyridine rings is 2. The van der Waals surface area contributed by atoms with Gasteiger partial charge in [0.1, 0.15) is 5.82 Å². The summed E-state index contributed by atoms with van der Waals surface area (Å²) in [6, 6.07) is 11.5. The summed E-state index contributed by atoms with van der Waals surface area (Å²) >= 11 is 0. The van der Waals surface area contributed by atoms with Crippen LogP contribution in [0.3, 0.4) is 0 Å². The molecule has 1 aliphatic heterocycles. The Labute approximate surface area is 159 Å². The molecule has 0 spiro atoms. The molecule has 1 saturated heterocycles. The van der Waals surface area contributed by atoms with E-state index >= 15 is 0 Å². The molecule has 0 bridgehead atoms. The minimum Gasteiger partial charge on any atom is -0.357 e. The van der Waals surface area contributed by atoms with E-state index in [-0.39, 0.29) is 5.91 Å². The van der Waals surface area contributed by atoms with Crippen LogP contribution in [-0.2, 0) is 0 Å². The van der Waals surface area contributed by atoms with E-state index in [1.165, 1.54) is 18.4 Å². The lowest BCUT2D eigenvalue weighted by Crippen LogP contribution is -2.33. The monoisotopic (exact) mass is 360 g/mol. The van der Waals surface area contributed by atoms with Gasteiger partial charge in [-0.3, -0.25) is 9.78 Å². The highest BCUT2D eigenvalue weighted by molar-refractivity contribution is 6.05. The molecule has 5 nitrogen and oxygen atoms in total. The van der Waals surface area contributed by atoms with Crippen molar-refractivity contribution in [2.45, 2.75) is 26.7 Å². The number of piperidine rings is 1. The summed E-state index contributed by atoms with van der Waals surface area (Å²) in [5, 5.41) is 4.02. The van der Waals surface area contributed by atoms with Gasteiger partial charge in [-0.05, 0) is 67.6 Å². The summed E-state index contributed by atoms with van der Waals surface area (Å²) in [4.78, 5) is 23.6. The zero-order valence-electron chi connectivity index (χ0n) is 15.8. The number of nitrogens with one attached hydrogen (secondary N) is 1. The predicted octanol–water partition coefficient (Wildman–Crippen LogP) is 4.43. The number of carbonyl (C=O) groups is 1. The Morgan fingerprint density at radius 2 is 1.85 bits per heavy atom. The predicted molar refractivity (Wildman–Crippen MR) is 109 cm³/mol. The van der Waals surface area contributed by atoms with Crippen LogP contribution in [0.15, 0.2) is 48.8 Å². The summed E-state index contributed by atoms with van der Waals surface area (Å²) in [6.45, 7) is 6.56. The second-order valence-electron chi connectivity index (χ2n) is 7.39. The molecule has 0 aliphatic carbocycles. The normalized spacial score (nSPS) is 15.1. The van der Waals surface area contributed by atoms with Gasteiger partial charge in [-0.1, -0.05) is 6.92 Å². The third-order valence-electron chi connectivity index (χ3n) is 5.31. The van der Waals surface area contributed by atoms with Crippen molar-refractivity contribution in [3.8, 4) is 0 Å². The van der Waals surface area contributed by atoms with Gasteiger partial charge >= 0.3 is 0 Å². The molecule has 0 saturated carbocycles. The van der Waals surface area contributed by atoms with E-state index in [4.69, 9.17) is 4.98 Å². The lowest BCUT2D eigenvalue weighted by Gasteiger charge is -2.31. The van der Waals surface area contributed by atoms with Gasteiger partial charge in [0.25, 0.3) is 5.91 Å². The first kappa shape index (κ1) is 17.5. The van der Waals surface area contributed by atoms with Crippen LogP contribution < -0.4 is 10.2 Å². The van der Waals surface area contributed by atoms with E-state index in [0.717, 1.165) is 41.4 Å². The van der Waals surface area contributed by atoms with Crippen LogP contribution in [0.1, 0.15) is 35.7 Å². The molecule has 1 fully saturated rings. The molecule has 3 heterocycles. The number of anilines is 2. The van der Waals surface area contributed by atoms with Crippen LogP contribution in [0.5, 0.6) is 0 Å². The highest BCUT2D eigenvalue weighted by Crippen LogP contribution is 2.28. The van der Waals surface area contributed by atoms with Crippen LogP contribution in [-0.4, -0.2) is 29.0 Å². The third-order valence-corrected chi connectivity index (χ3v) is 5.31. The number of hydrogen-bond acceptors (Lipinski definition) is 4. The van der Waals surface area contributed by atoms with E-state index in [0.29, 0.717) is 5.56 Å². The molecule has 0 radical (unpaired) electrons. The maximum Gasteiger partial charge on any atom is 0.255 e. The van der Waals surface area contributed by atoms with E-state index in [2.05, 4.69) is 35.1 Å². The van der Waals surface area contributed by atoms with Crippen LogP contribution >= 0.6 is 0 Å². The Morgan fingerprint density at radius 1 is 1.11 bits per heavy atom. The smallest absolute Gasteiger partial charge is 0.255 e. The van der Waals surface area contributed by atoms with Crippen molar-refractivity contribution in [3.63, 3.8) is 0 Å². The Balaban J connectivity index is 1.58. The van der Waals surface area contributed by atoms with Crippen LogP contribution in [0.25, 0.3) is 10.9 Å². The molecular formula is C22H24N4O. The van der Waals surface area contributed by atoms with Crippen LogP contribution in [0.2, 0.25) is 0 Å². The zero-order valence-corrected chi connectivity index (χ0v) is 15.8. The lowest BCUT2D eigenvalue weighted by molar-refractivity contribution is 0.102. The highest BCUT2D eigenvalue weighted by atomic mass is 16.1. The Morgan fingerprint density at radius 3 is 2.59 bits per heavy atom. The fraction of sp³-hybridized carbons (Fsp3) is 0.318. The molecule has 27 heavy (non-hydrogen) atoms. The first-order valence-electron chi connectivity index (χ1n) is 9.48. The molecule has 0 atom stereocenters. The van der Waals surface area contributed by atoms with Gasteiger partial charge in [0.2, 0.25) is 0 Å². The van der Waals surface area contributed by atoms with Gasteiger partial charge in [0.15, 0.2) is 0 Å². The molecule has 1 amide bonds. The van der Waals surface area contributed by atoms with Gasteiger partial charge in [-0.15, -0.1) is 0 Å². The van der Waals surface area contributed by atoms with Crippen molar-refractivity contribution in [3.05, 3.63) is 59.9 Å². The SMILES string of the molecule is Cc1cc(N2CCC(C)CC2)nc2ccc(NC(=O)c3ccncc3)cc12. The molecule has 1 N–H and O–H groups in total. The van der Waals surface area contributed by atoms with E-state index in [1.807, 2.05) is 18.2 Å². The van der Waals surface area contributed by atoms with Gasteiger partial charge in [-0.25, -0.2) is 4.98 Å². The van der Waals surface area contributed by atoms with Crippen LogP contribution in [0.4, 0.5) is 11.5 Å². The van der Waals surface area contributed by atoms with Gasteiger partial charge in [0.05, 0.1) is 5.52 Å². The lowest BCUT2D eigenvalue weighted by atomic mass is 9.99. The average Bonchev–Trinajstić information content (AvgIpc) is 2.69. The van der Waals surface area contributed by atoms with Gasteiger partial charge in [-0.2, -0.15) is 0 Å². The minimum absolute atomic E-state index is 0.138. The number of aromatic nitrogens is 2. The van der Waals surface area contributed by atoms with Crippen molar-refractivity contribution in [1.82, 2.24) is 9.97 Å². The van der Waals surface area contributed by atoms with Gasteiger partial charge < -0.3 is 10.2 Å². The average molecular weight is 360 g/mol. The molecule has 0 unspecified atom stereocenters. The standard InChI is InChI=1S/C22H24N4O/c1-15-7-11-26(12-8-15)21-13-16(2)19-14-18(3-4-20(19)25-21)24-22(27)17-5-9-23-10-6-17/h3-6,9-10,13-15H,7-8,11-12H2,1-2H3,(H,24,27). The third kappa shape index (κ3) is 3.77. The number of amides is 1. The van der Waals surface area contributed by atoms with E-state index in [9.17, 15) is 4.79 Å². The summed E-state index contributed by atoms with van der Waals surface area (Å²) in [6.07, 6.45) is 5.68. The van der Waals surface area contributed by atoms with Crippen molar-refractivity contribution in [1.29, 1.82) is 0 Å². The first-order chi connectivity index (χ1) is 13.1. The summed E-state index contributed by atoms with van der Waals surface area (Å²) in [5.41, 5.74) is 3.50. The molecule has 5 heteroatoms. The molecular weight excluding hydrogens is 336 g/mol. The second-order valence-corrected chi connectivity index (χ2v) is 7.39. The number of hydrogen-bond donors (Lipinski definition) is 1. The number of benzene rings is 1. The topological polar surface area (TPSA) is 58.1 Å². The summed E-state index contributed by atoms with van der Waals surface area (Å²) in [5.74, 6) is 1.72. The number of aryl methyl sites for hydroxylation is 1. The molecule has 4 rings (SSSR count). The minimum atomic E-state index is -0.138. The molecule has 1 aromatic carbocycles. The Hall–Kier alpha value is -2.95. The summed E-state index contributed by atoms with van der Waals surface area (Å²) in [7, 11) is 0. The van der Waals surface area contributed by atoms with E-state index in [1.54, 1.807) is 24.5 Å². The zero-order chi connectivity index (χ0) is 18.8. The Kier molecular flexibility index (Phi) is 4.75. The molecule has 1 aliphatic rings. The van der Waals surface area contributed by atoms with Crippen molar-refractivity contribution < 1.29 is 4.79 Å². The fourth-order valence-corrected chi connectivity index (χ4v) is 3.56. The number of rotatable bonds is 3. The fourth-order valence-electron chi connectivity index (χ4n) is 3.56. The first-order valence-corrected chi connectivity index (χ1v) is 9.48. The van der Waals surface area contributed by atoms with E-state index < -0.39 is 0 Å². The summed E-state index contributed by atoms with van der Waals surface area (Å²) < 4.78 is 0. The number of carbonyl (C=O) groups excluding carboxylic acids is 1. The quantitative estimate of drug-likeness (QED) is 0.751. The van der Waals surface area contributed by atoms with Crippen molar-refractivity contribution >= 4 is 28.3 Å². The second kappa shape index (κ2) is 7.35. The highest BCUT2D eigenvalue weighted by Gasteiger charge is 2.18. The Bertz CT molecular complexity index is 963. The number of fused-ring (bicyclic) bond motifs is 1. The largest absolute Gasteiger partial charge is 0.357 e. The van der Waals surface area contributed by atoms with Crippen molar-refractivity contribution in [2.75, 3.05) is 23.3 Å². The number of nitrogens with zero attached hydrogens (tertiary/aromatic N) is 3. The van der Waals surface area contributed by atoms with Crippen molar-refractivity contribution in [2.24, 2.45) is 5.92 Å². The molecule has 138 valence electrons. The molecule has 3 aromatic rings. The van der Waals surface area contributed by atoms with Crippen LogP contribution in [0, 0.1) is 12.8 Å². The molecule has 2 aromatic heterocycles. The maximum atomic E-state index is 12.4. The van der Waals surface area contributed by atoms with Gasteiger partial charge in [0, 0.05) is 42.1 Å². The maximum absolute atomic E-state index is 12.4.